The molecule has 3 atom stereocenters. The minimum atomic E-state index is -0.892. The Labute approximate surface area is 255 Å². The first-order valence-corrected chi connectivity index (χ1v) is 16.2. The average molecular weight is 604 g/mol. The van der Waals surface area contributed by atoms with Gasteiger partial charge in [-0.2, -0.15) is 0 Å². The van der Waals surface area contributed by atoms with Crippen LogP contribution in [-0.4, -0.2) is 110 Å². The van der Waals surface area contributed by atoms with Crippen LogP contribution in [-0.2, 0) is 23.8 Å². The number of halogens is 1. The van der Waals surface area contributed by atoms with Crippen molar-refractivity contribution in [2.24, 2.45) is 5.92 Å². The molecule has 43 heavy (non-hydrogen) atoms. The van der Waals surface area contributed by atoms with Crippen LogP contribution in [0.15, 0.2) is 18.2 Å². The first kappa shape index (κ1) is 32.1. The van der Waals surface area contributed by atoms with Crippen molar-refractivity contribution >= 4 is 17.6 Å². The minimum absolute atomic E-state index is 0.0135. The van der Waals surface area contributed by atoms with Gasteiger partial charge in [-0.05, 0) is 82.9 Å². The normalized spacial score (nSPS) is 30.8. The summed E-state index contributed by atoms with van der Waals surface area (Å²) >= 11 is 0. The molecule has 1 aliphatic carbocycles. The Hall–Kier alpha value is -2.27. The summed E-state index contributed by atoms with van der Waals surface area (Å²) in [6, 6.07) is 5.23. The van der Waals surface area contributed by atoms with Crippen LogP contribution in [0.3, 0.4) is 0 Å². The number of carbonyl (C=O) groups excluding carboxylic acids is 1. The molecule has 0 radical (unpaired) electrons. The maximum atomic E-state index is 14.5. The Kier molecular flexibility index (Phi) is 10.3. The van der Waals surface area contributed by atoms with Crippen LogP contribution in [0.4, 0.5) is 10.1 Å². The number of benzene rings is 1. The smallest absolute Gasteiger partial charge is 0.306 e. The van der Waals surface area contributed by atoms with Gasteiger partial charge < -0.3 is 29.1 Å². The number of anilines is 1. The first-order valence-electron chi connectivity index (χ1n) is 16.2. The molecule has 4 fully saturated rings. The minimum Gasteiger partial charge on any atom is -0.481 e. The first-order chi connectivity index (χ1) is 20.6. The van der Waals surface area contributed by atoms with Gasteiger partial charge in [-0.1, -0.05) is 6.07 Å². The fourth-order valence-electron chi connectivity index (χ4n) is 7.99. The van der Waals surface area contributed by atoms with Gasteiger partial charge in [-0.3, -0.25) is 14.5 Å². The van der Waals surface area contributed by atoms with E-state index in [0.717, 1.165) is 43.5 Å². The van der Waals surface area contributed by atoms with Crippen LogP contribution in [0, 0.1) is 11.7 Å². The van der Waals surface area contributed by atoms with Crippen molar-refractivity contribution in [3.63, 3.8) is 0 Å². The molecule has 10 heteroatoms. The maximum absolute atomic E-state index is 14.5. The number of piperidine rings is 1. The third-order valence-corrected chi connectivity index (χ3v) is 10.3. The highest BCUT2D eigenvalue weighted by Crippen LogP contribution is 2.41. The van der Waals surface area contributed by atoms with Gasteiger partial charge >= 0.3 is 5.97 Å². The Morgan fingerprint density at radius 2 is 1.79 bits per heavy atom. The molecule has 3 saturated heterocycles. The van der Waals surface area contributed by atoms with Crippen molar-refractivity contribution in [1.82, 2.24) is 9.80 Å². The number of carboxylic acids is 1. The summed E-state index contributed by atoms with van der Waals surface area (Å²) < 4.78 is 32.3. The number of likely N-dealkylation sites (tertiary alicyclic amines) is 2. The highest BCUT2D eigenvalue weighted by atomic mass is 19.1. The van der Waals surface area contributed by atoms with Crippen LogP contribution in [0.2, 0.25) is 0 Å². The summed E-state index contributed by atoms with van der Waals surface area (Å²) in [6.07, 6.45) is 7.24. The van der Waals surface area contributed by atoms with Gasteiger partial charge in [0, 0.05) is 64.6 Å². The van der Waals surface area contributed by atoms with E-state index >= 15 is 0 Å². The van der Waals surface area contributed by atoms with E-state index in [2.05, 4.69) is 23.6 Å². The largest absolute Gasteiger partial charge is 0.481 e. The van der Waals surface area contributed by atoms with E-state index < -0.39 is 11.6 Å². The summed E-state index contributed by atoms with van der Waals surface area (Å²) in [6.45, 7) is 7.67. The van der Waals surface area contributed by atoms with E-state index in [-0.39, 0.29) is 35.7 Å². The second kappa shape index (κ2) is 13.8. The Balaban J connectivity index is 1.29. The molecule has 9 nitrogen and oxygen atoms in total. The average Bonchev–Trinajstić information content (AvgIpc) is 3.63. The third-order valence-electron chi connectivity index (χ3n) is 10.3. The van der Waals surface area contributed by atoms with E-state index in [1.165, 1.54) is 6.07 Å². The number of nitrogens with zero attached hydrogens (tertiary/aromatic N) is 3. The summed E-state index contributed by atoms with van der Waals surface area (Å²) in [5.41, 5.74) is 0.924. The van der Waals surface area contributed by atoms with Gasteiger partial charge in [0.25, 0.3) is 5.91 Å². The number of hydrogen-bond acceptors (Lipinski definition) is 7. The Bertz CT molecular complexity index is 1120. The van der Waals surface area contributed by atoms with Crippen LogP contribution >= 0.6 is 0 Å². The van der Waals surface area contributed by atoms with E-state index in [1.807, 2.05) is 11.0 Å². The summed E-state index contributed by atoms with van der Waals surface area (Å²) in [7, 11) is 3.32. The quantitative estimate of drug-likeness (QED) is 0.424. The van der Waals surface area contributed by atoms with Crippen molar-refractivity contribution in [3.8, 4) is 0 Å². The van der Waals surface area contributed by atoms with Crippen LogP contribution in [0.25, 0.3) is 0 Å². The molecule has 3 aliphatic heterocycles. The molecule has 0 aromatic heterocycles. The van der Waals surface area contributed by atoms with E-state index in [9.17, 15) is 19.1 Å². The zero-order valence-corrected chi connectivity index (χ0v) is 26.3. The number of carbonyl (C=O) groups is 2. The molecule has 1 aromatic rings. The lowest BCUT2D eigenvalue weighted by Crippen LogP contribution is -2.54. The second-order valence-corrected chi connectivity index (χ2v) is 13.3. The zero-order valence-electron chi connectivity index (χ0n) is 26.3. The monoisotopic (exact) mass is 603 g/mol. The lowest BCUT2D eigenvalue weighted by atomic mass is 9.91. The second-order valence-electron chi connectivity index (χ2n) is 13.3. The van der Waals surface area contributed by atoms with Gasteiger partial charge in [0.2, 0.25) is 0 Å². The molecule has 3 heterocycles. The number of hydrogen-bond donors (Lipinski definition) is 1. The molecular formula is C33H50FN3O6. The number of carboxylic acid groups (broad SMARTS) is 1. The third kappa shape index (κ3) is 7.02. The molecule has 0 unspecified atom stereocenters. The number of ether oxygens (including phenoxy) is 3. The van der Waals surface area contributed by atoms with E-state index in [1.54, 1.807) is 20.3 Å². The summed E-state index contributed by atoms with van der Waals surface area (Å²) in [5, 5.41) is 9.44. The number of amides is 1. The standard InChI is InChI=1S/C33H50FN3O6/c1-22(2)43-28-8-6-26(7-9-28)36-16-13-33(21-36,42-4)32(40)37-19-24(17-27(37)20-41-3)29-10-5-25(34)18-30(29)35-14-11-23(12-15-35)31(38)39/h5,10,18,22-24,26-28H,6-9,11-17,19-21H2,1-4H3,(H,38,39)/t24-,26-,27+,28-,33-/m1/s1. The Morgan fingerprint density at radius 3 is 2.42 bits per heavy atom. The summed E-state index contributed by atoms with van der Waals surface area (Å²) in [5.74, 6) is -1.41. The highest BCUT2D eigenvalue weighted by molar-refractivity contribution is 5.87. The fourth-order valence-corrected chi connectivity index (χ4v) is 7.99. The van der Waals surface area contributed by atoms with Crippen molar-refractivity contribution in [2.75, 3.05) is 58.5 Å². The predicted molar refractivity (Wildman–Crippen MR) is 162 cm³/mol. The van der Waals surface area contributed by atoms with Crippen molar-refractivity contribution in [1.29, 1.82) is 0 Å². The Morgan fingerprint density at radius 1 is 1.07 bits per heavy atom. The van der Waals surface area contributed by atoms with Crippen LogP contribution < -0.4 is 4.90 Å². The predicted octanol–water partition coefficient (Wildman–Crippen LogP) is 4.28. The zero-order chi connectivity index (χ0) is 30.7. The van der Waals surface area contributed by atoms with Crippen LogP contribution in [0.1, 0.15) is 76.7 Å². The van der Waals surface area contributed by atoms with Gasteiger partial charge in [0.15, 0.2) is 5.60 Å². The maximum Gasteiger partial charge on any atom is 0.306 e. The lowest BCUT2D eigenvalue weighted by molar-refractivity contribution is -0.155. The van der Waals surface area contributed by atoms with E-state index in [4.69, 9.17) is 14.2 Å². The highest BCUT2D eigenvalue weighted by Gasteiger charge is 2.52. The van der Waals surface area contributed by atoms with Crippen molar-refractivity contribution < 1.29 is 33.3 Å². The van der Waals surface area contributed by atoms with Gasteiger partial charge in [-0.25, -0.2) is 4.39 Å². The molecule has 4 aliphatic rings. The van der Waals surface area contributed by atoms with Crippen molar-refractivity contribution in [3.05, 3.63) is 29.6 Å². The topological polar surface area (TPSA) is 91.8 Å². The molecule has 0 bridgehead atoms. The molecule has 1 amide bonds. The summed E-state index contributed by atoms with van der Waals surface area (Å²) in [4.78, 5) is 32.4. The lowest BCUT2D eigenvalue weighted by Gasteiger charge is -2.37. The van der Waals surface area contributed by atoms with Crippen LogP contribution in [0.5, 0.6) is 0 Å². The molecule has 0 spiro atoms. The van der Waals surface area contributed by atoms with Gasteiger partial charge in [0.05, 0.1) is 30.8 Å². The molecule has 5 rings (SSSR count). The molecule has 1 N–H and O–H groups in total. The van der Waals surface area contributed by atoms with Gasteiger partial charge in [0.1, 0.15) is 5.82 Å². The number of methoxy groups -OCH3 is 2. The molecular weight excluding hydrogens is 553 g/mol. The molecule has 1 aromatic carbocycles. The van der Waals surface area contributed by atoms with Gasteiger partial charge in [-0.15, -0.1) is 0 Å². The number of rotatable bonds is 10. The molecule has 240 valence electrons. The molecule has 1 saturated carbocycles. The SMILES string of the molecule is COC[C@@H]1C[C@@H](c2ccc(F)cc2N2CCC(C(=O)O)CC2)CN1C(=O)[C@@]1(OC)CCN([C@H]2CC[C@H](OC(C)C)CC2)C1. The number of aliphatic carboxylic acids is 1. The fraction of sp³-hybridized carbons (Fsp3) is 0.758. The van der Waals surface area contributed by atoms with Crippen molar-refractivity contribution in [2.45, 2.75) is 101 Å². The van der Waals surface area contributed by atoms with E-state index in [0.29, 0.717) is 70.6 Å².